The average molecular weight is 304 g/mol. The number of carbonyl (C=O) groups excluding carboxylic acids is 2. The molecule has 0 saturated carbocycles. The summed E-state index contributed by atoms with van der Waals surface area (Å²) in [6.07, 6.45) is 3.54. The van der Waals surface area contributed by atoms with Crippen molar-refractivity contribution in [1.82, 2.24) is 5.32 Å². The molecule has 1 saturated heterocycles. The lowest BCUT2D eigenvalue weighted by Crippen LogP contribution is -3.17. The highest BCUT2D eigenvalue weighted by molar-refractivity contribution is 6.01. The Labute approximate surface area is 132 Å². The van der Waals surface area contributed by atoms with E-state index in [0.29, 0.717) is 12.6 Å². The summed E-state index contributed by atoms with van der Waals surface area (Å²) in [7, 11) is 0. The molecule has 0 spiro atoms. The third kappa shape index (κ3) is 4.31. The van der Waals surface area contributed by atoms with E-state index >= 15 is 0 Å². The lowest BCUT2D eigenvalue weighted by atomic mass is 10.0. The van der Waals surface area contributed by atoms with Crippen LogP contribution in [0.4, 0.5) is 10.5 Å². The van der Waals surface area contributed by atoms with Crippen molar-refractivity contribution in [3.05, 3.63) is 29.3 Å². The van der Waals surface area contributed by atoms with E-state index in [0.717, 1.165) is 36.2 Å². The predicted octanol–water partition coefficient (Wildman–Crippen LogP) is 1.41. The SMILES string of the molecule is Cc1cccc(NC(=O)NC(=O)C[NH+]2CCCC[C@@H]2C)c1C. The van der Waals surface area contributed by atoms with Crippen molar-refractivity contribution in [1.29, 1.82) is 0 Å². The summed E-state index contributed by atoms with van der Waals surface area (Å²) in [6.45, 7) is 7.48. The second-order valence-corrected chi connectivity index (χ2v) is 6.23. The Hall–Kier alpha value is -1.88. The molecule has 1 heterocycles. The molecule has 0 aliphatic carbocycles. The molecule has 1 aliphatic heterocycles. The maximum Gasteiger partial charge on any atom is 0.326 e. The third-order valence-corrected chi connectivity index (χ3v) is 4.58. The molecule has 3 amide bonds. The van der Waals surface area contributed by atoms with Gasteiger partial charge in [-0.1, -0.05) is 12.1 Å². The molecule has 0 aromatic heterocycles. The Morgan fingerprint density at radius 2 is 2.05 bits per heavy atom. The summed E-state index contributed by atoms with van der Waals surface area (Å²) in [6, 6.07) is 5.75. The summed E-state index contributed by atoms with van der Waals surface area (Å²) in [5, 5.41) is 5.18. The number of urea groups is 1. The van der Waals surface area contributed by atoms with Gasteiger partial charge in [0.25, 0.3) is 5.91 Å². The van der Waals surface area contributed by atoms with Gasteiger partial charge in [0, 0.05) is 5.69 Å². The van der Waals surface area contributed by atoms with E-state index in [1.54, 1.807) is 0 Å². The number of nitrogens with one attached hydrogen (secondary N) is 3. The number of imide groups is 1. The van der Waals surface area contributed by atoms with Gasteiger partial charge in [-0.25, -0.2) is 4.79 Å². The highest BCUT2D eigenvalue weighted by Gasteiger charge is 2.24. The fraction of sp³-hybridized carbons (Fsp3) is 0.529. The minimum atomic E-state index is -0.456. The predicted molar refractivity (Wildman–Crippen MR) is 87.1 cm³/mol. The zero-order valence-corrected chi connectivity index (χ0v) is 13.7. The topological polar surface area (TPSA) is 62.6 Å². The number of piperidine rings is 1. The Bertz CT molecular complexity index is 557. The number of anilines is 1. The van der Waals surface area contributed by atoms with E-state index in [2.05, 4.69) is 17.6 Å². The van der Waals surface area contributed by atoms with Crippen LogP contribution < -0.4 is 15.5 Å². The molecule has 0 radical (unpaired) electrons. The van der Waals surface area contributed by atoms with Gasteiger partial charge >= 0.3 is 6.03 Å². The highest BCUT2D eigenvalue weighted by atomic mass is 16.2. The van der Waals surface area contributed by atoms with Crippen molar-refractivity contribution in [2.24, 2.45) is 0 Å². The maximum absolute atomic E-state index is 12.0. The first kappa shape index (κ1) is 16.5. The van der Waals surface area contributed by atoms with Crippen molar-refractivity contribution >= 4 is 17.6 Å². The lowest BCUT2D eigenvalue weighted by molar-refractivity contribution is -0.920. The van der Waals surface area contributed by atoms with E-state index in [1.807, 2.05) is 32.0 Å². The quantitative estimate of drug-likeness (QED) is 0.790. The average Bonchev–Trinajstić information content (AvgIpc) is 2.46. The van der Waals surface area contributed by atoms with Gasteiger partial charge in [0.05, 0.1) is 12.6 Å². The van der Waals surface area contributed by atoms with Crippen LogP contribution in [0.5, 0.6) is 0 Å². The first-order chi connectivity index (χ1) is 10.5. The lowest BCUT2D eigenvalue weighted by Gasteiger charge is -2.29. The minimum absolute atomic E-state index is 0.216. The summed E-state index contributed by atoms with van der Waals surface area (Å²) in [5.41, 5.74) is 2.86. The third-order valence-electron chi connectivity index (χ3n) is 4.58. The number of hydrogen-bond donors (Lipinski definition) is 3. The van der Waals surface area contributed by atoms with Crippen LogP contribution >= 0.6 is 0 Å². The van der Waals surface area contributed by atoms with Crippen molar-refractivity contribution in [3.8, 4) is 0 Å². The number of amides is 3. The standard InChI is InChI=1S/C17H25N3O2/c1-12-7-6-9-15(14(12)3)18-17(22)19-16(21)11-20-10-5-4-8-13(20)2/h6-7,9,13H,4-5,8,10-11H2,1-3H3,(H2,18,19,21,22)/p+1/t13-/m0/s1. The van der Waals surface area contributed by atoms with Gasteiger partial charge in [-0.3, -0.25) is 10.1 Å². The molecule has 2 atom stereocenters. The molecule has 22 heavy (non-hydrogen) atoms. The normalized spacial score (nSPS) is 21.2. The summed E-state index contributed by atoms with van der Waals surface area (Å²) in [5.74, 6) is -0.216. The Morgan fingerprint density at radius 3 is 2.77 bits per heavy atom. The molecule has 1 aliphatic rings. The van der Waals surface area contributed by atoms with Gasteiger partial charge in [0.1, 0.15) is 0 Å². The fourth-order valence-electron chi connectivity index (χ4n) is 2.93. The molecule has 120 valence electrons. The monoisotopic (exact) mass is 304 g/mol. The first-order valence-electron chi connectivity index (χ1n) is 7.99. The van der Waals surface area contributed by atoms with Crippen LogP contribution in [0.1, 0.15) is 37.3 Å². The molecular weight excluding hydrogens is 278 g/mol. The second-order valence-electron chi connectivity index (χ2n) is 6.23. The molecule has 1 aromatic rings. The van der Waals surface area contributed by atoms with Crippen molar-refractivity contribution < 1.29 is 14.5 Å². The van der Waals surface area contributed by atoms with Crippen LogP contribution in [0.15, 0.2) is 18.2 Å². The summed E-state index contributed by atoms with van der Waals surface area (Å²) in [4.78, 5) is 25.2. The van der Waals surface area contributed by atoms with Gasteiger partial charge in [-0.05, 0) is 57.2 Å². The van der Waals surface area contributed by atoms with Gasteiger partial charge in [0.15, 0.2) is 6.54 Å². The number of hydrogen-bond acceptors (Lipinski definition) is 2. The van der Waals surface area contributed by atoms with E-state index in [1.165, 1.54) is 11.3 Å². The van der Waals surface area contributed by atoms with Crippen LogP contribution in [-0.4, -0.2) is 31.1 Å². The maximum atomic E-state index is 12.0. The van der Waals surface area contributed by atoms with E-state index in [9.17, 15) is 9.59 Å². The molecule has 1 unspecified atom stereocenters. The number of carbonyl (C=O) groups is 2. The first-order valence-corrected chi connectivity index (χ1v) is 7.99. The molecule has 3 N–H and O–H groups in total. The fourth-order valence-corrected chi connectivity index (χ4v) is 2.93. The Morgan fingerprint density at radius 1 is 1.27 bits per heavy atom. The number of likely N-dealkylation sites (tertiary alicyclic amines) is 1. The van der Waals surface area contributed by atoms with Crippen LogP contribution in [0.3, 0.4) is 0 Å². The molecule has 5 heteroatoms. The smallest absolute Gasteiger partial charge is 0.325 e. The zero-order valence-electron chi connectivity index (χ0n) is 13.7. The van der Waals surface area contributed by atoms with Crippen LogP contribution in [-0.2, 0) is 4.79 Å². The van der Waals surface area contributed by atoms with Gasteiger partial charge < -0.3 is 10.2 Å². The molecule has 0 bridgehead atoms. The summed E-state index contributed by atoms with van der Waals surface area (Å²) < 4.78 is 0. The zero-order chi connectivity index (χ0) is 16.1. The van der Waals surface area contributed by atoms with Gasteiger partial charge in [-0.15, -0.1) is 0 Å². The number of aryl methyl sites for hydroxylation is 1. The second kappa shape index (κ2) is 7.40. The van der Waals surface area contributed by atoms with Gasteiger partial charge in [0.2, 0.25) is 0 Å². The molecule has 5 nitrogen and oxygen atoms in total. The van der Waals surface area contributed by atoms with Crippen LogP contribution in [0, 0.1) is 13.8 Å². The Kier molecular flexibility index (Phi) is 5.55. The van der Waals surface area contributed by atoms with Crippen molar-refractivity contribution in [3.63, 3.8) is 0 Å². The number of quaternary nitrogens is 1. The van der Waals surface area contributed by atoms with E-state index < -0.39 is 6.03 Å². The van der Waals surface area contributed by atoms with Crippen LogP contribution in [0.2, 0.25) is 0 Å². The molecule has 1 aromatic carbocycles. The highest BCUT2D eigenvalue weighted by Crippen LogP contribution is 2.17. The number of benzene rings is 1. The van der Waals surface area contributed by atoms with Crippen molar-refractivity contribution in [2.45, 2.75) is 46.1 Å². The molecular formula is C17H26N3O2+. The van der Waals surface area contributed by atoms with Crippen molar-refractivity contribution in [2.75, 3.05) is 18.4 Å². The largest absolute Gasteiger partial charge is 0.326 e. The molecule has 2 rings (SSSR count). The van der Waals surface area contributed by atoms with Gasteiger partial charge in [-0.2, -0.15) is 0 Å². The minimum Gasteiger partial charge on any atom is -0.325 e. The van der Waals surface area contributed by atoms with E-state index in [4.69, 9.17) is 0 Å². The van der Waals surface area contributed by atoms with Crippen LogP contribution in [0.25, 0.3) is 0 Å². The Balaban J connectivity index is 1.86. The summed E-state index contributed by atoms with van der Waals surface area (Å²) >= 11 is 0. The van der Waals surface area contributed by atoms with E-state index in [-0.39, 0.29) is 5.91 Å². The number of rotatable bonds is 3. The molecule has 1 fully saturated rings.